The summed E-state index contributed by atoms with van der Waals surface area (Å²) in [7, 11) is 0. The van der Waals surface area contributed by atoms with E-state index in [4.69, 9.17) is 9.84 Å². The van der Waals surface area contributed by atoms with Crippen molar-refractivity contribution in [1.82, 2.24) is 9.97 Å². The molecule has 2 N–H and O–H groups in total. The number of hydrogen-bond donors (Lipinski definition) is 2. The number of rotatable bonds is 5. The lowest BCUT2D eigenvalue weighted by Gasteiger charge is -2.10. The minimum atomic E-state index is -0.977. The molecule has 5 nitrogen and oxygen atoms in total. The third kappa shape index (κ3) is 3.10. The Kier molecular flexibility index (Phi) is 3.62. The van der Waals surface area contributed by atoms with E-state index in [0.29, 0.717) is 12.2 Å². The number of ether oxygens (including phenoxy) is 1. The van der Waals surface area contributed by atoms with Crippen molar-refractivity contribution in [2.45, 2.75) is 19.4 Å². The molecule has 0 aliphatic carbocycles. The number of carboxylic acid groups (broad SMARTS) is 1. The normalized spacial score (nSPS) is 12.1. The molecule has 1 unspecified atom stereocenters. The summed E-state index contributed by atoms with van der Waals surface area (Å²) in [5.74, 6) is 0.463. The van der Waals surface area contributed by atoms with Crippen LogP contribution in [0.3, 0.4) is 0 Å². The number of aromatic nitrogens is 2. The first-order chi connectivity index (χ1) is 8.65. The SMILES string of the molecule is CC(Oc1ccc(Cc2ncc[nH]2)cc1)C(=O)O. The number of carboxylic acids is 1. The van der Waals surface area contributed by atoms with Crippen LogP contribution in [0, 0.1) is 0 Å². The zero-order valence-corrected chi connectivity index (χ0v) is 9.96. The predicted molar refractivity (Wildman–Crippen MR) is 65.6 cm³/mol. The van der Waals surface area contributed by atoms with E-state index in [1.54, 1.807) is 24.5 Å². The number of benzene rings is 1. The van der Waals surface area contributed by atoms with E-state index >= 15 is 0 Å². The molecule has 1 aromatic carbocycles. The van der Waals surface area contributed by atoms with Gasteiger partial charge in [0, 0.05) is 18.8 Å². The van der Waals surface area contributed by atoms with Crippen LogP contribution in [-0.4, -0.2) is 27.1 Å². The first-order valence-corrected chi connectivity index (χ1v) is 5.62. The zero-order valence-electron chi connectivity index (χ0n) is 9.96. The monoisotopic (exact) mass is 246 g/mol. The highest BCUT2D eigenvalue weighted by Crippen LogP contribution is 2.15. The molecule has 0 amide bonds. The molecule has 0 aliphatic heterocycles. The Bertz CT molecular complexity index is 506. The van der Waals surface area contributed by atoms with E-state index in [0.717, 1.165) is 11.4 Å². The van der Waals surface area contributed by atoms with Crippen LogP contribution in [0.15, 0.2) is 36.7 Å². The van der Waals surface area contributed by atoms with Gasteiger partial charge in [0.1, 0.15) is 11.6 Å². The summed E-state index contributed by atoms with van der Waals surface area (Å²) in [6, 6.07) is 7.31. The fourth-order valence-electron chi connectivity index (χ4n) is 1.53. The maximum absolute atomic E-state index is 10.6. The van der Waals surface area contributed by atoms with Gasteiger partial charge in [-0.15, -0.1) is 0 Å². The number of H-pyrrole nitrogens is 1. The van der Waals surface area contributed by atoms with Crippen molar-refractivity contribution in [3.8, 4) is 5.75 Å². The first-order valence-electron chi connectivity index (χ1n) is 5.62. The van der Waals surface area contributed by atoms with Crippen molar-refractivity contribution in [3.05, 3.63) is 48.0 Å². The molecule has 5 heteroatoms. The Morgan fingerprint density at radius 3 is 2.72 bits per heavy atom. The van der Waals surface area contributed by atoms with Gasteiger partial charge in [0.15, 0.2) is 6.10 Å². The van der Waals surface area contributed by atoms with Crippen LogP contribution in [0.2, 0.25) is 0 Å². The Morgan fingerprint density at radius 1 is 1.44 bits per heavy atom. The van der Waals surface area contributed by atoms with E-state index in [1.165, 1.54) is 6.92 Å². The minimum Gasteiger partial charge on any atom is -0.479 e. The summed E-state index contributed by atoms with van der Waals surface area (Å²) < 4.78 is 5.24. The number of imidazole rings is 1. The highest BCUT2D eigenvalue weighted by molar-refractivity contribution is 5.72. The summed E-state index contributed by atoms with van der Waals surface area (Å²) in [5, 5.41) is 8.73. The van der Waals surface area contributed by atoms with Gasteiger partial charge >= 0.3 is 5.97 Å². The summed E-state index contributed by atoms with van der Waals surface area (Å²) in [4.78, 5) is 17.8. The van der Waals surface area contributed by atoms with Crippen LogP contribution in [0.1, 0.15) is 18.3 Å². The maximum atomic E-state index is 10.6. The van der Waals surface area contributed by atoms with E-state index in [9.17, 15) is 4.79 Å². The highest BCUT2D eigenvalue weighted by Gasteiger charge is 2.12. The number of nitrogens with one attached hydrogen (secondary N) is 1. The molecule has 1 atom stereocenters. The molecule has 1 aromatic heterocycles. The number of hydrogen-bond acceptors (Lipinski definition) is 3. The zero-order chi connectivity index (χ0) is 13.0. The molecule has 0 aliphatic rings. The maximum Gasteiger partial charge on any atom is 0.344 e. The van der Waals surface area contributed by atoms with Gasteiger partial charge in [-0.3, -0.25) is 0 Å². The quantitative estimate of drug-likeness (QED) is 0.844. The lowest BCUT2D eigenvalue weighted by molar-refractivity contribution is -0.144. The average molecular weight is 246 g/mol. The Hall–Kier alpha value is -2.30. The molecular weight excluding hydrogens is 232 g/mol. The molecule has 1 heterocycles. The molecule has 2 rings (SSSR count). The topological polar surface area (TPSA) is 75.2 Å². The summed E-state index contributed by atoms with van der Waals surface area (Å²) >= 11 is 0. The number of aromatic amines is 1. The highest BCUT2D eigenvalue weighted by atomic mass is 16.5. The lowest BCUT2D eigenvalue weighted by atomic mass is 10.1. The minimum absolute atomic E-state index is 0.549. The third-order valence-electron chi connectivity index (χ3n) is 2.51. The molecule has 0 bridgehead atoms. The smallest absolute Gasteiger partial charge is 0.344 e. The number of aliphatic carboxylic acids is 1. The van der Waals surface area contributed by atoms with Gasteiger partial charge in [0.05, 0.1) is 0 Å². The lowest BCUT2D eigenvalue weighted by Crippen LogP contribution is -2.22. The predicted octanol–water partition coefficient (Wildman–Crippen LogP) is 1.85. The Labute approximate surface area is 104 Å². The molecule has 18 heavy (non-hydrogen) atoms. The van der Waals surface area contributed by atoms with Gasteiger partial charge in [-0.1, -0.05) is 12.1 Å². The van der Waals surface area contributed by atoms with Crippen molar-refractivity contribution in [2.24, 2.45) is 0 Å². The van der Waals surface area contributed by atoms with Gasteiger partial charge in [0.2, 0.25) is 0 Å². The number of carbonyl (C=O) groups is 1. The van der Waals surface area contributed by atoms with Crippen molar-refractivity contribution in [3.63, 3.8) is 0 Å². The molecule has 0 fully saturated rings. The second kappa shape index (κ2) is 5.35. The summed E-state index contributed by atoms with van der Waals surface area (Å²) in [6.45, 7) is 1.50. The molecule has 0 radical (unpaired) electrons. The van der Waals surface area contributed by atoms with Crippen molar-refractivity contribution in [1.29, 1.82) is 0 Å². The summed E-state index contributed by atoms with van der Waals surface area (Å²) in [6.07, 6.45) is 3.35. The Balaban J connectivity index is 1.99. The van der Waals surface area contributed by atoms with Gasteiger partial charge in [-0.2, -0.15) is 0 Å². The van der Waals surface area contributed by atoms with E-state index < -0.39 is 12.1 Å². The molecule has 2 aromatic rings. The van der Waals surface area contributed by atoms with E-state index in [1.807, 2.05) is 12.1 Å². The van der Waals surface area contributed by atoms with Crippen LogP contribution >= 0.6 is 0 Å². The van der Waals surface area contributed by atoms with Crippen molar-refractivity contribution < 1.29 is 14.6 Å². The van der Waals surface area contributed by atoms with E-state index in [-0.39, 0.29) is 0 Å². The van der Waals surface area contributed by atoms with Crippen LogP contribution in [0.4, 0.5) is 0 Å². The number of nitrogens with zero attached hydrogens (tertiary/aromatic N) is 1. The molecule has 0 spiro atoms. The van der Waals surface area contributed by atoms with Crippen molar-refractivity contribution in [2.75, 3.05) is 0 Å². The second-order valence-electron chi connectivity index (χ2n) is 3.95. The molecular formula is C13H14N2O3. The molecule has 0 saturated heterocycles. The van der Waals surface area contributed by atoms with Crippen LogP contribution < -0.4 is 4.74 Å². The van der Waals surface area contributed by atoms with Crippen LogP contribution in [0.5, 0.6) is 5.75 Å². The van der Waals surface area contributed by atoms with Crippen LogP contribution in [-0.2, 0) is 11.2 Å². The molecule has 94 valence electrons. The second-order valence-corrected chi connectivity index (χ2v) is 3.95. The van der Waals surface area contributed by atoms with Gasteiger partial charge in [-0.05, 0) is 24.6 Å². The fraction of sp³-hybridized carbons (Fsp3) is 0.231. The summed E-state index contributed by atoms with van der Waals surface area (Å²) in [5.41, 5.74) is 1.08. The van der Waals surface area contributed by atoms with Gasteiger partial charge < -0.3 is 14.8 Å². The van der Waals surface area contributed by atoms with Gasteiger partial charge in [0.25, 0.3) is 0 Å². The third-order valence-corrected chi connectivity index (χ3v) is 2.51. The largest absolute Gasteiger partial charge is 0.479 e. The van der Waals surface area contributed by atoms with E-state index in [2.05, 4.69) is 9.97 Å². The standard InChI is InChI=1S/C13H14N2O3/c1-9(13(16)17)18-11-4-2-10(3-5-11)8-12-14-6-7-15-12/h2-7,9H,8H2,1H3,(H,14,15)(H,16,17). The Morgan fingerprint density at radius 2 is 2.17 bits per heavy atom. The average Bonchev–Trinajstić information content (AvgIpc) is 2.84. The van der Waals surface area contributed by atoms with Gasteiger partial charge in [-0.25, -0.2) is 9.78 Å². The fourth-order valence-corrected chi connectivity index (χ4v) is 1.53. The molecule has 0 saturated carbocycles. The first kappa shape index (κ1) is 12.2. The van der Waals surface area contributed by atoms with Crippen molar-refractivity contribution >= 4 is 5.97 Å². The van der Waals surface area contributed by atoms with Crippen LogP contribution in [0.25, 0.3) is 0 Å².